The van der Waals surface area contributed by atoms with Crippen LogP contribution in [-0.4, -0.2) is 12.5 Å². The summed E-state index contributed by atoms with van der Waals surface area (Å²) in [6.45, 7) is 4.70. The van der Waals surface area contributed by atoms with Gasteiger partial charge in [-0.1, -0.05) is 13.8 Å². The Balaban J connectivity index is -0.000000245. The minimum Gasteiger partial charge on any atom is -1.00 e. The van der Waals surface area contributed by atoms with Gasteiger partial charge in [-0.15, -0.1) is 0 Å². The average Bonchev–Trinajstić information content (AvgIpc) is 1.83. The summed E-state index contributed by atoms with van der Waals surface area (Å²) in [7, 11) is 0. The topological polar surface area (TPSA) is 29.1 Å². The zero-order chi connectivity index (χ0) is 6.41. The maximum atomic E-state index is 10.5. The first kappa shape index (κ1) is 12.2. The number of rotatable bonds is 3. The van der Waals surface area contributed by atoms with E-state index in [1.165, 1.54) is 0 Å². The second-order valence-electron chi connectivity index (χ2n) is 1.70. The van der Waals surface area contributed by atoms with Crippen molar-refractivity contribution in [1.82, 2.24) is 5.32 Å². The van der Waals surface area contributed by atoms with Gasteiger partial charge >= 0.3 is 29.6 Å². The van der Waals surface area contributed by atoms with Gasteiger partial charge in [-0.2, -0.15) is 0 Å². The Labute approximate surface area is 80.2 Å². The third-order valence-electron chi connectivity index (χ3n) is 0.893. The molecule has 0 saturated carbocycles. The molecule has 0 saturated heterocycles. The van der Waals surface area contributed by atoms with E-state index >= 15 is 0 Å². The number of carbonyl (C=O) groups excluding carboxylic acids is 1. The van der Waals surface area contributed by atoms with Crippen LogP contribution in [0.15, 0.2) is 0 Å². The van der Waals surface area contributed by atoms with Crippen molar-refractivity contribution in [2.75, 3.05) is 6.54 Å². The van der Waals surface area contributed by atoms with Gasteiger partial charge in [-0.05, 0) is 6.42 Å². The predicted molar refractivity (Wildman–Crippen MR) is 34.7 cm³/mol. The molecule has 0 spiro atoms. The SMILES string of the molecule is CCCNC(=O)CC.[H-].[Na+]. The molecule has 0 aliphatic carbocycles. The van der Waals surface area contributed by atoms with E-state index in [4.69, 9.17) is 0 Å². The summed E-state index contributed by atoms with van der Waals surface area (Å²) in [6.07, 6.45) is 1.62. The Morgan fingerprint density at radius 2 is 2.11 bits per heavy atom. The van der Waals surface area contributed by atoms with Crippen LogP contribution in [0.3, 0.4) is 0 Å². The monoisotopic (exact) mass is 139 g/mol. The van der Waals surface area contributed by atoms with Crippen LogP contribution in [0.1, 0.15) is 28.1 Å². The van der Waals surface area contributed by atoms with Crippen LogP contribution in [0.25, 0.3) is 0 Å². The second kappa shape index (κ2) is 8.47. The zero-order valence-corrected chi connectivity index (χ0v) is 8.53. The van der Waals surface area contributed by atoms with E-state index in [-0.39, 0.29) is 36.9 Å². The molecule has 0 heterocycles. The van der Waals surface area contributed by atoms with E-state index in [0.29, 0.717) is 6.42 Å². The van der Waals surface area contributed by atoms with Gasteiger partial charge in [0, 0.05) is 13.0 Å². The molecule has 1 amide bonds. The maximum absolute atomic E-state index is 10.5. The van der Waals surface area contributed by atoms with E-state index < -0.39 is 0 Å². The molecule has 50 valence electrons. The number of hydrogen-bond donors (Lipinski definition) is 1. The maximum Gasteiger partial charge on any atom is 1.00 e. The number of nitrogens with one attached hydrogen (secondary N) is 1. The van der Waals surface area contributed by atoms with E-state index in [1.807, 2.05) is 13.8 Å². The van der Waals surface area contributed by atoms with Crippen LogP contribution < -0.4 is 34.9 Å². The first-order chi connectivity index (χ1) is 3.81. The number of amides is 1. The predicted octanol–water partition coefficient (Wildman–Crippen LogP) is -1.96. The Morgan fingerprint density at radius 3 is 2.44 bits per heavy atom. The minimum atomic E-state index is 0. The van der Waals surface area contributed by atoms with E-state index in [0.717, 1.165) is 13.0 Å². The summed E-state index contributed by atoms with van der Waals surface area (Å²) < 4.78 is 0. The standard InChI is InChI=1S/C6H13NO.Na.H/c1-3-5-7-6(8)4-2;;/h3-5H2,1-2H3,(H,7,8);;/q;+1;-1. The van der Waals surface area contributed by atoms with Gasteiger partial charge in [0.1, 0.15) is 0 Å². The summed E-state index contributed by atoms with van der Waals surface area (Å²) in [4.78, 5) is 10.5. The van der Waals surface area contributed by atoms with Crippen molar-refractivity contribution in [1.29, 1.82) is 0 Å². The van der Waals surface area contributed by atoms with Gasteiger partial charge in [0.25, 0.3) is 0 Å². The molecule has 1 N–H and O–H groups in total. The fraction of sp³-hybridized carbons (Fsp3) is 0.833. The molecule has 0 aromatic carbocycles. The molecule has 0 aromatic heterocycles. The van der Waals surface area contributed by atoms with Crippen LogP contribution in [0.2, 0.25) is 0 Å². The van der Waals surface area contributed by atoms with Crippen LogP contribution in [0, 0.1) is 0 Å². The summed E-state index contributed by atoms with van der Waals surface area (Å²) in [5.41, 5.74) is 0. The molecule has 0 rings (SSSR count). The van der Waals surface area contributed by atoms with Crippen molar-refractivity contribution in [3.05, 3.63) is 0 Å². The quantitative estimate of drug-likeness (QED) is 0.452. The normalized spacial score (nSPS) is 7.78. The molecular formula is C6H14NNaO. The summed E-state index contributed by atoms with van der Waals surface area (Å²) >= 11 is 0. The molecule has 0 aliphatic heterocycles. The molecule has 9 heavy (non-hydrogen) atoms. The Kier molecular flexibility index (Phi) is 11.5. The molecule has 0 aliphatic rings. The van der Waals surface area contributed by atoms with Gasteiger partial charge in [0.2, 0.25) is 5.91 Å². The summed E-state index contributed by atoms with van der Waals surface area (Å²) in [5, 5.41) is 2.74. The Hall–Kier alpha value is 0.470. The molecule has 0 unspecified atom stereocenters. The molecule has 3 heteroatoms. The van der Waals surface area contributed by atoms with Crippen molar-refractivity contribution < 1.29 is 35.8 Å². The second-order valence-corrected chi connectivity index (χ2v) is 1.70. The number of hydrogen-bond acceptors (Lipinski definition) is 1. The molecule has 0 fully saturated rings. The van der Waals surface area contributed by atoms with Gasteiger partial charge in [-0.25, -0.2) is 0 Å². The first-order valence-corrected chi connectivity index (χ1v) is 3.08. The number of carbonyl (C=O) groups is 1. The molecule has 0 radical (unpaired) electrons. The third-order valence-corrected chi connectivity index (χ3v) is 0.893. The van der Waals surface area contributed by atoms with Crippen LogP contribution in [0.5, 0.6) is 0 Å². The summed E-state index contributed by atoms with van der Waals surface area (Å²) in [6, 6.07) is 0. The van der Waals surface area contributed by atoms with Crippen LogP contribution >= 0.6 is 0 Å². The fourth-order valence-corrected chi connectivity index (χ4v) is 0.389. The molecule has 0 atom stereocenters. The average molecular weight is 139 g/mol. The zero-order valence-electron chi connectivity index (χ0n) is 7.53. The molecule has 0 aromatic rings. The van der Waals surface area contributed by atoms with Crippen molar-refractivity contribution >= 4 is 5.91 Å². The van der Waals surface area contributed by atoms with Gasteiger partial charge in [0.15, 0.2) is 0 Å². The Bertz CT molecular complexity index is 80.1. The summed E-state index contributed by atoms with van der Waals surface area (Å²) in [5.74, 6) is 0.145. The van der Waals surface area contributed by atoms with Crippen molar-refractivity contribution in [2.24, 2.45) is 0 Å². The van der Waals surface area contributed by atoms with E-state index in [1.54, 1.807) is 0 Å². The third kappa shape index (κ3) is 8.47. The molecule has 2 nitrogen and oxygen atoms in total. The molecule has 0 bridgehead atoms. The van der Waals surface area contributed by atoms with Gasteiger partial charge in [-0.3, -0.25) is 4.79 Å². The van der Waals surface area contributed by atoms with E-state index in [9.17, 15) is 4.79 Å². The van der Waals surface area contributed by atoms with Crippen molar-refractivity contribution in [3.63, 3.8) is 0 Å². The van der Waals surface area contributed by atoms with Gasteiger partial charge < -0.3 is 6.74 Å². The van der Waals surface area contributed by atoms with Crippen molar-refractivity contribution in [3.8, 4) is 0 Å². The smallest absolute Gasteiger partial charge is 1.00 e. The van der Waals surface area contributed by atoms with E-state index in [2.05, 4.69) is 5.32 Å². The van der Waals surface area contributed by atoms with Crippen LogP contribution in [-0.2, 0) is 4.79 Å². The van der Waals surface area contributed by atoms with Gasteiger partial charge in [0.05, 0.1) is 0 Å². The van der Waals surface area contributed by atoms with Crippen LogP contribution in [0.4, 0.5) is 0 Å². The first-order valence-electron chi connectivity index (χ1n) is 3.08. The Morgan fingerprint density at radius 1 is 1.56 bits per heavy atom. The largest absolute Gasteiger partial charge is 1.00 e. The minimum absolute atomic E-state index is 0. The molecular weight excluding hydrogens is 125 g/mol. The van der Waals surface area contributed by atoms with Crippen molar-refractivity contribution in [2.45, 2.75) is 26.7 Å². The fourth-order valence-electron chi connectivity index (χ4n) is 0.389.